The Labute approximate surface area is 116 Å². The third-order valence-corrected chi connectivity index (χ3v) is 4.24. The summed E-state index contributed by atoms with van der Waals surface area (Å²) in [6.07, 6.45) is 1.23. The third kappa shape index (κ3) is 2.25. The van der Waals surface area contributed by atoms with Gasteiger partial charge in [0.05, 0.1) is 0 Å². The molecule has 1 N–H and O–H groups in total. The van der Waals surface area contributed by atoms with E-state index in [1.54, 1.807) is 0 Å². The first-order chi connectivity index (χ1) is 8.76. The van der Waals surface area contributed by atoms with E-state index in [4.69, 9.17) is 0 Å². The van der Waals surface area contributed by atoms with Crippen molar-refractivity contribution < 1.29 is 0 Å². The van der Waals surface area contributed by atoms with Crippen molar-refractivity contribution in [3.05, 3.63) is 40.9 Å². The van der Waals surface area contributed by atoms with Gasteiger partial charge in [-0.05, 0) is 48.5 Å². The summed E-state index contributed by atoms with van der Waals surface area (Å²) in [7, 11) is 2.05. The van der Waals surface area contributed by atoms with Crippen LogP contribution in [0.1, 0.15) is 6.42 Å². The van der Waals surface area contributed by atoms with Gasteiger partial charge in [0.15, 0.2) is 0 Å². The number of nitrogens with zero attached hydrogens (tertiary/aromatic N) is 1. The highest BCUT2D eigenvalue weighted by Crippen LogP contribution is 2.27. The molecule has 18 heavy (non-hydrogen) atoms. The van der Waals surface area contributed by atoms with Crippen molar-refractivity contribution in [2.45, 2.75) is 12.5 Å². The lowest BCUT2D eigenvalue weighted by Gasteiger charge is -2.19. The van der Waals surface area contributed by atoms with Crippen molar-refractivity contribution in [3.8, 4) is 0 Å². The zero-order chi connectivity index (χ0) is 12.5. The van der Waals surface area contributed by atoms with Gasteiger partial charge in [0.25, 0.3) is 0 Å². The van der Waals surface area contributed by atoms with Gasteiger partial charge >= 0.3 is 0 Å². The SMILES string of the molecule is CNC1CCN(c2ccc3cc(Br)ccc3c2)C1. The predicted octanol–water partition coefficient (Wildman–Crippen LogP) is 3.40. The molecule has 1 unspecified atom stereocenters. The lowest BCUT2D eigenvalue weighted by atomic mass is 10.1. The molecule has 0 amide bonds. The summed E-state index contributed by atoms with van der Waals surface area (Å²) in [5.74, 6) is 0. The van der Waals surface area contributed by atoms with E-state index < -0.39 is 0 Å². The molecule has 1 aliphatic heterocycles. The quantitative estimate of drug-likeness (QED) is 0.915. The van der Waals surface area contributed by atoms with E-state index in [-0.39, 0.29) is 0 Å². The van der Waals surface area contributed by atoms with E-state index in [1.807, 2.05) is 7.05 Å². The average Bonchev–Trinajstić information content (AvgIpc) is 2.87. The van der Waals surface area contributed by atoms with Gasteiger partial charge in [-0.15, -0.1) is 0 Å². The number of anilines is 1. The van der Waals surface area contributed by atoms with Gasteiger partial charge in [0.1, 0.15) is 0 Å². The molecule has 0 aliphatic carbocycles. The lowest BCUT2D eigenvalue weighted by Crippen LogP contribution is -2.29. The Morgan fingerprint density at radius 2 is 1.94 bits per heavy atom. The van der Waals surface area contributed by atoms with E-state index in [0.717, 1.165) is 17.6 Å². The highest BCUT2D eigenvalue weighted by molar-refractivity contribution is 9.10. The topological polar surface area (TPSA) is 15.3 Å². The fourth-order valence-corrected chi connectivity index (χ4v) is 3.01. The predicted molar refractivity (Wildman–Crippen MR) is 81.3 cm³/mol. The summed E-state index contributed by atoms with van der Waals surface area (Å²) in [5, 5.41) is 5.96. The van der Waals surface area contributed by atoms with Gasteiger partial charge < -0.3 is 10.2 Å². The maximum Gasteiger partial charge on any atom is 0.0373 e. The summed E-state index contributed by atoms with van der Waals surface area (Å²) in [4.78, 5) is 2.46. The summed E-state index contributed by atoms with van der Waals surface area (Å²) >= 11 is 3.52. The van der Waals surface area contributed by atoms with Gasteiger partial charge in [-0.3, -0.25) is 0 Å². The van der Waals surface area contributed by atoms with Crippen LogP contribution in [0.2, 0.25) is 0 Å². The number of benzene rings is 2. The van der Waals surface area contributed by atoms with Crippen molar-refractivity contribution in [1.82, 2.24) is 5.32 Å². The van der Waals surface area contributed by atoms with Crippen molar-refractivity contribution in [3.63, 3.8) is 0 Å². The maximum absolute atomic E-state index is 3.52. The normalized spacial score (nSPS) is 19.7. The van der Waals surface area contributed by atoms with Gasteiger partial charge in [0.2, 0.25) is 0 Å². The summed E-state index contributed by atoms with van der Waals surface area (Å²) in [6.45, 7) is 2.26. The highest BCUT2D eigenvalue weighted by atomic mass is 79.9. The van der Waals surface area contributed by atoms with E-state index in [9.17, 15) is 0 Å². The summed E-state index contributed by atoms with van der Waals surface area (Å²) < 4.78 is 1.14. The van der Waals surface area contributed by atoms with Crippen LogP contribution in [0.25, 0.3) is 10.8 Å². The lowest BCUT2D eigenvalue weighted by molar-refractivity contribution is 0.617. The van der Waals surface area contributed by atoms with Gasteiger partial charge in [-0.25, -0.2) is 0 Å². The number of likely N-dealkylation sites (N-methyl/N-ethyl adjacent to an activating group) is 1. The fourth-order valence-electron chi connectivity index (χ4n) is 2.63. The molecule has 1 heterocycles. The van der Waals surface area contributed by atoms with Crippen molar-refractivity contribution >= 4 is 32.4 Å². The number of hydrogen-bond donors (Lipinski definition) is 1. The molecule has 0 radical (unpaired) electrons. The van der Waals surface area contributed by atoms with Gasteiger partial charge in [-0.1, -0.05) is 28.1 Å². The van der Waals surface area contributed by atoms with E-state index in [2.05, 4.69) is 62.5 Å². The zero-order valence-electron chi connectivity index (χ0n) is 10.5. The van der Waals surface area contributed by atoms with Crippen LogP contribution in [0.4, 0.5) is 5.69 Å². The van der Waals surface area contributed by atoms with Crippen LogP contribution in [0.5, 0.6) is 0 Å². The maximum atomic E-state index is 3.52. The first-order valence-corrected chi connectivity index (χ1v) is 7.17. The van der Waals surface area contributed by atoms with Crippen LogP contribution in [0, 0.1) is 0 Å². The Morgan fingerprint density at radius 3 is 2.72 bits per heavy atom. The zero-order valence-corrected chi connectivity index (χ0v) is 12.1. The molecule has 2 nitrogen and oxygen atoms in total. The molecular weight excluding hydrogens is 288 g/mol. The minimum Gasteiger partial charge on any atom is -0.370 e. The second kappa shape index (κ2) is 4.90. The minimum absolute atomic E-state index is 0.630. The van der Waals surface area contributed by atoms with Crippen LogP contribution in [-0.4, -0.2) is 26.2 Å². The van der Waals surface area contributed by atoms with E-state index in [1.165, 1.54) is 22.9 Å². The smallest absolute Gasteiger partial charge is 0.0373 e. The number of fused-ring (bicyclic) bond motifs is 1. The standard InChI is InChI=1S/C15H17BrN2/c1-17-14-6-7-18(10-14)15-5-3-11-8-13(16)4-2-12(11)9-15/h2-5,8-9,14,17H,6-7,10H2,1H3. The first-order valence-electron chi connectivity index (χ1n) is 6.38. The Morgan fingerprint density at radius 1 is 1.17 bits per heavy atom. The molecule has 1 aliphatic rings. The monoisotopic (exact) mass is 304 g/mol. The second-order valence-corrected chi connectivity index (χ2v) is 5.81. The van der Waals surface area contributed by atoms with Crippen LogP contribution >= 0.6 is 15.9 Å². The Bertz CT molecular complexity index is 567. The number of rotatable bonds is 2. The first kappa shape index (κ1) is 12.0. The molecule has 1 fully saturated rings. The van der Waals surface area contributed by atoms with Crippen molar-refractivity contribution in [2.24, 2.45) is 0 Å². The highest BCUT2D eigenvalue weighted by Gasteiger charge is 2.20. The van der Waals surface area contributed by atoms with Crippen LogP contribution < -0.4 is 10.2 Å². The molecule has 2 aromatic rings. The van der Waals surface area contributed by atoms with E-state index >= 15 is 0 Å². The largest absolute Gasteiger partial charge is 0.370 e. The van der Waals surface area contributed by atoms with Crippen LogP contribution in [0.3, 0.4) is 0 Å². The molecule has 94 valence electrons. The van der Waals surface area contributed by atoms with E-state index in [0.29, 0.717) is 6.04 Å². The Hall–Kier alpha value is -1.06. The van der Waals surface area contributed by atoms with Crippen LogP contribution in [0.15, 0.2) is 40.9 Å². The average molecular weight is 305 g/mol. The Balaban J connectivity index is 1.92. The third-order valence-electron chi connectivity index (χ3n) is 3.75. The molecule has 0 bridgehead atoms. The molecule has 0 saturated carbocycles. The van der Waals surface area contributed by atoms with Crippen molar-refractivity contribution in [2.75, 3.05) is 25.0 Å². The molecule has 0 aromatic heterocycles. The minimum atomic E-state index is 0.630. The summed E-state index contributed by atoms with van der Waals surface area (Å²) in [5.41, 5.74) is 1.34. The van der Waals surface area contributed by atoms with Gasteiger partial charge in [0, 0.05) is 29.3 Å². The molecule has 0 spiro atoms. The fraction of sp³-hybridized carbons (Fsp3) is 0.333. The van der Waals surface area contributed by atoms with Crippen molar-refractivity contribution in [1.29, 1.82) is 0 Å². The molecule has 1 atom stereocenters. The molecule has 3 heteroatoms. The van der Waals surface area contributed by atoms with Gasteiger partial charge in [-0.2, -0.15) is 0 Å². The number of halogens is 1. The van der Waals surface area contributed by atoms with Crippen LogP contribution in [-0.2, 0) is 0 Å². The molecule has 1 saturated heterocycles. The molecule has 2 aromatic carbocycles. The summed E-state index contributed by atoms with van der Waals surface area (Å²) in [6, 6.07) is 13.8. The Kier molecular flexibility index (Phi) is 3.27. The molecule has 3 rings (SSSR count). The number of nitrogens with one attached hydrogen (secondary N) is 1. The molecular formula is C15H17BrN2. The number of hydrogen-bond acceptors (Lipinski definition) is 2. The second-order valence-electron chi connectivity index (χ2n) is 4.90.